The van der Waals surface area contributed by atoms with E-state index in [1.165, 1.54) is 12.8 Å². The Morgan fingerprint density at radius 3 is 2.81 bits per heavy atom. The summed E-state index contributed by atoms with van der Waals surface area (Å²) in [6.07, 6.45) is 2.43. The highest BCUT2D eigenvalue weighted by Crippen LogP contribution is 2.38. The number of likely N-dealkylation sites (tertiary alicyclic amines) is 1. The van der Waals surface area contributed by atoms with E-state index in [-0.39, 0.29) is 0 Å². The van der Waals surface area contributed by atoms with Gasteiger partial charge < -0.3 is 18.6 Å². The van der Waals surface area contributed by atoms with Crippen molar-refractivity contribution in [3.8, 4) is 23.0 Å². The fourth-order valence-corrected chi connectivity index (χ4v) is 3.62. The number of oxazole rings is 1. The Hall–Kier alpha value is -2.05. The first kappa shape index (κ1) is 18.7. The second-order valence-electron chi connectivity index (χ2n) is 6.76. The van der Waals surface area contributed by atoms with Crippen LogP contribution in [0, 0.1) is 12.8 Å². The number of aryl methyl sites for hydroxylation is 1. The molecule has 2 heterocycles. The van der Waals surface area contributed by atoms with Crippen LogP contribution in [-0.2, 0) is 11.3 Å². The van der Waals surface area contributed by atoms with Crippen molar-refractivity contribution in [3.05, 3.63) is 29.7 Å². The van der Waals surface area contributed by atoms with Crippen LogP contribution < -0.4 is 9.47 Å². The van der Waals surface area contributed by atoms with Gasteiger partial charge >= 0.3 is 0 Å². The summed E-state index contributed by atoms with van der Waals surface area (Å²) in [6.45, 7) is 5.71. The van der Waals surface area contributed by atoms with Crippen molar-refractivity contribution in [2.24, 2.45) is 5.92 Å². The van der Waals surface area contributed by atoms with Crippen LogP contribution in [0.5, 0.6) is 11.5 Å². The fraction of sp³-hybridized carbons (Fsp3) is 0.550. The average molecular weight is 360 g/mol. The van der Waals surface area contributed by atoms with Crippen LogP contribution in [0.4, 0.5) is 0 Å². The fourth-order valence-electron chi connectivity index (χ4n) is 3.62. The van der Waals surface area contributed by atoms with Gasteiger partial charge in [0.1, 0.15) is 5.76 Å². The number of hydrogen-bond acceptors (Lipinski definition) is 6. The molecule has 3 rings (SSSR count). The minimum absolute atomic E-state index is 0.568. The van der Waals surface area contributed by atoms with Gasteiger partial charge in [0.2, 0.25) is 5.89 Å². The summed E-state index contributed by atoms with van der Waals surface area (Å²) in [6, 6.07) is 5.71. The molecule has 0 saturated carbocycles. The molecule has 1 fully saturated rings. The highest BCUT2D eigenvalue weighted by Gasteiger charge is 2.23. The second-order valence-corrected chi connectivity index (χ2v) is 6.76. The molecular formula is C20H28N2O4. The summed E-state index contributed by atoms with van der Waals surface area (Å²) in [5.74, 6) is 3.32. The molecule has 1 saturated heterocycles. The van der Waals surface area contributed by atoms with E-state index in [1.54, 1.807) is 21.3 Å². The predicted molar refractivity (Wildman–Crippen MR) is 99.7 cm³/mol. The third-order valence-electron chi connectivity index (χ3n) is 4.90. The number of hydrogen-bond donors (Lipinski definition) is 0. The Balaban J connectivity index is 1.80. The first-order valence-electron chi connectivity index (χ1n) is 9.05. The van der Waals surface area contributed by atoms with E-state index in [2.05, 4.69) is 4.90 Å². The third-order valence-corrected chi connectivity index (χ3v) is 4.90. The van der Waals surface area contributed by atoms with E-state index in [9.17, 15) is 0 Å². The number of methoxy groups -OCH3 is 3. The number of para-hydroxylation sites is 1. The summed E-state index contributed by atoms with van der Waals surface area (Å²) in [7, 11) is 5.02. The van der Waals surface area contributed by atoms with Crippen LogP contribution in [-0.4, -0.2) is 50.9 Å². The first-order valence-corrected chi connectivity index (χ1v) is 9.05. The molecule has 26 heavy (non-hydrogen) atoms. The molecule has 0 amide bonds. The van der Waals surface area contributed by atoms with E-state index in [0.29, 0.717) is 23.3 Å². The van der Waals surface area contributed by atoms with E-state index in [0.717, 1.165) is 43.3 Å². The number of aromatic nitrogens is 1. The zero-order chi connectivity index (χ0) is 18.5. The lowest BCUT2D eigenvalue weighted by atomic mass is 9.99. The number of rotatable bonds is 7. The maximum absolute atomic E-state index is 5.96. The molecular weight excluding hydrogens is 332 g/mol. The predicted octanol–water partition coefficient (Wildman–Crippen LogP) is 3.53. The minimum Gasteiger partial charge on any atom is -0.493 e. The largest absolute Gasteiger partial charge is 0.493 e. The van der Waals surface area contributed by atoms with E-state index in [4.69, 9.17) is 23.6 Å². The van der Waals surface area contributed by atoms with Gasteiger partial charge in [0, 0.05) is 20.2 Å². The zero-order valence-electron chi connectivity index (χ0n) is 16.1. The number of ether oxygens (including phenoxy) is 3. The lowest BCUT2D eigenvalue weighted by Gasteiger charge is -2.31. The van der Waals surface area contributed by atoms with Gasteiger partial charge in [0.25, 0.3) is 0 Å². The summed E-state index contributed by atoms with van der Waals surface area (Å²) in [4.78, 5) is 7.19. The van der Waals surface area contributed by atoms with Crippen LogP contribution in [0.25, 0.3) is 11.5 Å². The molecule has 6 heteroatoms. The van der Waals surface area contributed by atoms with E-state index < -0.39 is 0 Å². The van der Waals surface area contributed by atoms with Crippen molar-refractivity contribution in [3.63, 3.8) is 0 Å². The SMILES string of the molecule is COC[C@H]1CCCN(Cc2nc(-c3cccc(OC)c3OC)oc2C)C1. The number of benzene rings is 1. The highest BCUT2D eigenvalue weighted by molar-refractivity contribution is 5.68. The summed E-state index contributed by atoms with van der Waals surface area (Å²) in [5, 5.41) is 0. The van der Waals surface area contributed by atoms with Crippen molar-refractivity contribution in [2.75, 3.05) is 41.0 Å². The van der Waals surface area contributed by atoms with Crippen molar-refractivity contribution >= 4 is 0 Å². The molecule has 1 aliphatic heterocycles. The number of piperidine rings is 1. The Kier molecular flexibility index (Phi) is 6.16. The van der Waals surface area contributed by atoms with E-state index >= 15 is 0 Å². The van der Waals surface area contributed by atoms with Crippen LogP contribution in [0.3, 0.4) is 0 Å². The standard InChI is InChI=1S/C20H28N2O4/c1-14-17(12-22-10-6-7-15(11-22)13-23-2)21-20(26-14)16-8-5-9-18(24-3)19(16)25-4/h5,8-9,15H,6-7,10-13H2,1-4H3/t15-/m0/s1. The Labute approximate surface area is 155 Å². The van der Waals surface area contributed by atoms with Crippen LogP contribution in [0.2, 0.25) is 0 Å². The number of nitrogens with zero attached hydrogens (tertiary/aromatic N) is 2. The summed E-state index contributed by atoms with van der Waals surface area (Å²) >= 11 is 0. The van der Waals surface area contributed by atoms with Gasteiger partial charge in [0.15, 0.2) is 11.5 Å². The van der Waals surface area contributed by atoms with Gasteiger partial charge in [-0.25, -0.2) is 4.98 Å². The molecule has 1 atom stereocenters. The van der Waals surface area contributed by atoms with Crippen molar-refractivity contribution in [1.82, 2.24) is 9.88 Å². The zero-order valence-corrected chi connectivity index (χ0v) is 16.1. The van der Waals surface area contributed by atoms with Gasteiger partial charge in [-0.2, -0.15) is 0 Å². The van der Waals surface area contributed by atoms with Crippen LogP contribution in [0.15, 0.2) is 22.6 Å². The van der Waals surface area contributed by atoms with Gasteiger partial charge in [-0.1, -0.05) is 6.07 Å². The van der Waals surface area contributed by atoms with Gasteiger partial charge in [-0.3, -0.25) is 4.90 Å². The van der Waals surface area contributed by atoms with Crippen LogP contribution in [0.1, 0.15) is 24.3 Å². The van der Waals surface area contributed by atoms with Gasteiger partial charge in [-0.05, 0) is 44.4 Å². The average Bonchev–Trinajstić information content (AvgIpc) is 3.02. The molecule has 0 spiro atoms. The first-order chi connectivity index (χ1) is 12.7. The quantitative estimate of drug-likeness (QED) is 0.753. The normalized spacial score (nSPS) is 18.1. The van der Waals surface area contributed by atoms with Gasteiger partial charge in [-0.15, -0.1) is 0 Å². The molecule has 1 aromatic carbocycles. The smallest absolute Gasteiger partial charge is 0.230 e. The molecule has 0 N–H and O–H groups in total. The lowest BCUT2D eigenvalue weighted by Crippen LogP contribution is -2.36. The Bertz CT molecular complexity index is 727. The second kappa shape index (κ2) is 8.56. The molecule has 142 valence electrons. The van der Waals surface area contributed by atoms with Crippen molar-refractivity contribution in [2.45, 2.75) is 26.3 Å². The monoisotopic (exact) mass is 360 g/mol. The van der Waals surface area contributed by atoms with Gasteiger partial charge in [0.05, 0.1) is 32.1 Å². The Morgan fingerprint density at radius 2 is 2.08 bits per heavy atom. The third kappa shape index (κ3) is 4.02. The van der Waals surface area contributed by atoms with Crippen molar-refractivity contribution in [1.29, 1.82) is 0 Å². The molecule has 2 aromatic rings. The lowest BCUT2D eigenvalue weighted by molar-refractivity contribution is 0.0866. The van der Waals surface area contributed by atoms with Crippen molar-refractivity contribution < 1.29 is 18.6 Å². The highest BCUT2D eigenvalue weighted by atomic mass is 16.5. The molecule has 0 aliphatic carbocycles. The molecule has 0 bridgehead atoms. The molecule has 0 radical (unpaired) electrons. The van der Waals surface area contributed by atoms with Crippen LogP contribution >= 0.6 is 0 Å². The summed E-state index contributed by atoms with van der Waals surface area (Å²) in [5.41, 5.74) is 1.78. The van der Waals surface area contributed by atoms with E-state index in [1.807, 2.05) is 25.1 Å². The molecule has 0 unspecified atom stereocenters. The maximum atomic E-state index is 5.96. The maximum Gasteiger partial charge on any atom is 0.230 e. The minimum atomic E-state index is 0.568. The molecule has 1 aliphatic rings. The molecule has 1 aromatic heterocycles. The Morgan fingerprint density at radius 1 is 1.23 bits per heavy atom. The summed E-state index contributed by atoms with van der Waals surface area (Å²) < 4.78 is 22.2. The molecule has 6 nitrogen and oxygen atoms in total. The topological polar surface area (TPSA) is 57.0 Å².